The van der Waals surface area contributed by atoms with Crippen LogP contribution < -0.4 is 10.5 Å². The van der Waals surface area contributed by atoms with E-state index in [2.05, 4.69) is 0 Å². The molecule has 0 atom stereocenters. The van der Waals surface area contributed by atoms with Crippen molar-refractivity contribution in [3.8, 4) is 5.75 Å². The van der Waals surface area contributed by atoms with Crippen LogP contribution in [0.25, 0.3) is 0 Å². The molecular formula is C17H18FNO2. The van der Waals surface area contributed by atoms with Gasteiger partial charge in [0, 0.05) is 19.4 Å². The largest absolute Gasteiger partial charge is 0.494 e. The fraction of sp³-hybridized carbons (Fsp3) is 0.235. The zero-order valence-corrected chi connectivity index (χ0v) is 11.9. The molecule has 2 N–H and O–H groups in total. The van der Waals surface area contributed by atoms with Crippen LogP contribution in [0, 0.1) is 5.82 Å². The van der Waals surface area contributed by atoms with Crippen molar-refractivity contribution in [1.29, 1.82) is 0 Å². The van der Waals surface area contributed by atoms with Gasteiger partial charge in [-0.1, -0.05) is 30.3 Å². The van der Waals surface area contributed by atoms with Crippen molar-refractivity contribution in [3.63, 3.8) is 0 Å². The molecule has 2 aromatic carbocycles. The predicted octanol–water partition coefficient (Wildman–Crippen LogP) is 2.65. The molecule has 2 rings (SSSR count). The van der Waals surface area contributed by atoms with Crippen LogP contribution in [-0.2, 0) is 24.2 Å². The molecule has 0 saturated carbocycles. The summed E-state index contributed by atoms with van der Waals surface area (Å²) in [7, 11) is 1.41. The number of benzene rings is 2. The summed E-state index contributed by atoms with van der Waals surface area (Å²) in [6.45, 7) is 0.403. The van der Waals surface area contributed by atoms with Crippen molar-refractivity contribution in [1.82, 2.24) is 0 Å². The standard InChI is InChI=1S/C17H18FNO2/c1-21-17-7-6-12(9-16(17)18)8-15(20)10-13-4-2-3-5-14(13)11-19/h2-7,9H,8,10-11,19H2,1H3. The van der Waals surface area contributed by atoms with E-state index in [-0.39, 0.29) is 18.0 Å². The Morgan fingerprint density at radius 3 is 2.48 bits per heavy atom. The molecule has 0 radical (unpaired) electrons. The van der Waals surface area contributed by atoms with E-state index in [1.807, 2.05) is 24.3 Å². The third-order valence-electron chi connectivity index (χ3n) is 3.34. The van der Waals surface area contributed by atoms with Crippen LogP contribution in [-0.4, -0.2) is 12.9 Å². The van der Waals surface area contributed by atoms with Gasteiger partial charge < -0.3 is 10.5 Å². The molecule has 4 heteroatoms. The molecule has 0 aliphatic rings. The molecule has 0 amide bonds. The Kier molecular flexibility index (Phi) is 5.06. The highest BCUT2D eigenvalue weighted by molar-refractivity contribution is 5.83. The Balaban J connectivity index is 2.06. The molecule has 0 bridgehead atoms. The van der Waals surface area contributed by atoms with Gasteiger partial charge in [-0.2, -0.15) is 0 Å². The Bertz CT molecular complexity index is 640. The van der Waals surface area contributed by atoms with Crippen molar-refractivity contribution in [2.75, 3.05) is 7.11 Å². The van der Waals surface area contributed by atoms with E-state index in [4.69, 9.17) is 10.5 Å². The third kappa shape index (κ3) is 3.89. The lowest BCUT2D eigenvalue weighted by Gasteiger charge is -2.08. The number of ether oxygens (including phenoxy) is 1. The number of methoxy groups -OCH3 is 1. The Hall–Kier alpha value is -2.20. The molecule has 0 aliphatic carbocycles. The molecule has 0 aliphatic heterocycles. The number of carbonyl (C=O) groups is 1. The topological polar surface area (TPSA) is 52.3 Å². The summed E-state index contributed by atoms with van der Waals surface area (Å²) in [5.41, 5.74) is 8.19. The monoisotopic (exact) mass is 287 g/mol. The van der Waals surface area contributed by atoms with Gasteiger partial charge in [-0.15, -0.1) is 0 Å². The van der Waals surface area contributed by atoms with E-state index in [0.29, 0.717) is 18.5 Å². The molecule has 0 spiro atoms. The van der Waals surface area contributed by atoms with Crippen molar-refractivity contribution in [2.45, 2.75) is 19.4 Å². The highest BCUT2D eigenvalue weighted by Crippen LogP contribution is 2.18. The SMILES string of the molecule is COc1ccc(CC(=O)Cc2ccccc2CN)cc1F. The first-order valence-electron chi connectivity index (χ1n) is 6.75. The molecular weight excluding hydrogens is 269 g/mol. The van der Waals surface area contributed by atoms with Gasteiger partial charge in [-0.05, 0) is 28.8 Å². The van der Waals surface area contributed by atoms with Gasteiger partial charge in [-0.3, -0.25) is 4.79 Å². The van der Waals surface area contributed by atoms with E-state index in [1.54, 1.807) is 6.07 Å². The Morgan fingerprint density at radius 1 is 1.14 bits per heavy atom. The van der Waals surface area contributed by atoms with Crippen LogP contribution in [0.4, 0.5) is 4.39 Å². The number of hydrogen-bond acceptors (Lipinski definition) is 3. The molecule has 0 saturated heterocycles. The van der Waals surface area contributed by atoms with Crippen LogP contribution >= 0.6 is 0 Å². The normalized spacial score (nSPS) is 10.4. The van der Waals surface area contributed by atoms with Gasteiger partial charge in [0.1, 0.15) is 5.78 Å². The van der Waals surface area contributed by atoms with Gasteiger partial charge >= 0.3 is 0 Å². The van der Waals surface area contributed by atoms with Crippen LogP contribution in [0.15, 0.2) is 42.5 Å². The summed E-state index contributed by atoms with van der Waals surface area (Å²) >= 11 is 0. The number of nitrogens with two attached hydrogens (primary N) is 1. The van der Waals surface area contributed by atoms with Gasteiger partial charge in [0.2, 0.25) is 0 Å². The van der Waals surface area contributed by atoms with Crippen LogP contribution in [0.2, 0.25) is 0 Å². The van der Waals surface area contributed by atoms with Crippen molar-refractivity contribution in [2.24, 2.45) is 5.73 Å². The number of rotatable bonds is 6. The summed E-state index contributed by atoms with van der Waals surface area (Å²) in [4.78, 5) is 12.1. The zero-order chi connectivity index (χ0) is 15.2. The van der Waals surface area contributed by atoms with Crippen LogP contribution in [0.1, 0.15) is 16.7 Å². The second-order valence-electron chi connectivity index (χ2n) is 4.83. The van der Waals surface area contributed by atoms with E-state index >= 15 is 0 Å². The fourth-order valence-electron chi connectivity index (χ4n) is 2.25. The van der Waals surface area contributed by atoms with Crippen LogP contribution in [0.3, 0.4) is 0 Å². The number of ketones is 1. The maximum Gasteiger partial charge on any atom is 0.165 e. The van der Waals surface area contributed by atoms with Crippen molar-refractivity contribution < 1.29 is 13.9 Å². The summed E-state index contributed by atoms with van der Waals surface area (Å²) in [5.74, 6) is -0.245. The van der Waals surface area contributed by atoms with E-state index in [9.17, 15) is 9.18 Å². The number of Topliss-reactive ketones (excluding diaryl/α,β-unsaturated/α-hetero) is 1. The highest BCUT2D eigenvalue weighted by atomic mass is 19.1. The van der Waals surface area contributed by atoms with E-state index in [0.717, 1.165) is 11.1 Å². The molecule has 0 aromatic heterocycles. The number of carbonyl (C=O) groups excluding carboxylic acids is 1. The molecule has 21 heavy (non-hydrogen) atoms. The lowest BCUT2D eigenvalue weighted by molar-refractivity contribution is -0.117. The first kappa shape index (κ1) is 15.2. The van der Waals surface area contributed by atoms with Crippen molar-refractivity contribution >= 4 is 5.78 Å². The summed E-state index contributed by atoms with van der Waals surface area (Å²) in [6, 6.07) is 12.2. The Morgan fingerprint density at radius 2 is 1.86 bits per heavy atom. The van der Waals surface area contributed by atoms with Gasteiger partial charge in [0.05, 0.1) is 7.11 Å². The van der Waals surface area contributed by atoms with E-state index < -0.39 is 5.82 Å². The lowest BCUT2D eigenvalue weighted by atomic mass is 9.99. The molecule has 110 valence electrons. The summed E-state index contributed by atoms with van der Waals surface area (Å²) in [5, 5.41) is 0. The minimum absolute atomic E-state index is 0.0282. The zero-order valence-electron chi connectivity index (χ0n) is 11.9. The smallest absolute Gasteiger partial charge is 0.165 e. The molecule has 3 nitrogen and oxygen atoms in total. The van der Waals surface area contributed by atoms with Gasteiger partial charge in [0.25, 0.3) is 0 Å². The Labute approximate surface area is 123 Å². The maximum atomic E-state index is 13.6. The number of halogens is 1. The highest BCUT2D eigenvalue weighted by Gasteiger charge is 2.10. The first-order valence-corrected chi connectivity index (χ1v) is 6.75. The maximum absolute atomic E-state index is 13.6. The quantitative estimate of drug-likeness (QED) is 0.888. The fourth-order valence-corrected chi connectivity index (χ4v) is 2.25. The minimum atomic E-state index is -0.454. The van der Waals surface area contributed by atoms with Gasteiger partial charge in [-0.25, -0.2) is 4.39 Å². The predicted molar refractivity (Wildman–Crippen MR) is 79.7 cm³/mol. The second-order valence-corrected chi connectivity index (χ2v) is 4.83. The first-order chi connectivity index (χ1) is 10.1. The average Bonchev–Trinajstić information content (AvgIpc) is 2.48. The lowest BCUT2D eigenvalue weighted by Crippen LogP contribution is -2.10. The van der Waals surface area contributed by atoms with Gasteiger partial charge in [0.15, 0.2) is 11.6 Å². The summed E-state index contributed by atoms with van der Waals surface area (Å²) in [6.07, 6.45) is 0.501. The molecule has 2 aromatic rings. The minimum Gasteiger partial charge on any atom is -0.494 e. The third-order valence-corrected chi connectivity index (χ3v) is 3.34. The van der Waals surface area contributed by atoms with Crippen molar-refractivity contribution in [3.05, 3.63) is 65.0 Å². The number of hydrogen-bond donors (Lipinski definition) is 1. The summed E-state index contributed by atoms with van der Waals surface area (Å²) < 4.78 is 18.5. The second kappa shape index (κ2) is 6.99. The average molecular weight is 287 g/mol. The van der Waals surface area contributed by atoms with E-state index in [1.165, 1.54) is 19.2 Å². The molecule has 0 fully saturated rings. The molecule has 0 unspecified atom stereocenters. The van der Waals surface area contributed by atoms with Crippen LogP contribution in [0.5, 0.6) is 5.75 Å². The molecule has 0 heterocycles.